The van der Waals surface area contributed by atoms with Gasteiger partial charge in [0.1, 0.15) is 0 Å². The molecule has 2 heterocycles. The average Bonchev–Trinajstić information content (AvgIpc) is 3.30. The van der Waals surface area contributed by atoms with Crippen LogP contribution in [0.1, 0.15) is 45.0 Å². The van der Waals surface area contributed by atoms with E-state index in [9.17, 15) is 14.7 Å². The lowest BCUT2D eigenvalue weighted by Crippen LogP contribution is -2.63. The molecule has 5 nitrogen and oxygen atoms in total. The summed E-state index contributed by atoms with van der Waals surface area (Å²) in [6.07, 6.45) is 0.368. The lowest BCUT2D eigenvalue weighted by Gasteiger charge is -2.48. The Labute approximate surface area is 180 Å². The van der Waals surface area contributed by atoms with Crippen LogP contribution in [0.5, 0.6) is 0 Å². The van der Waals surface area contributed by atoms with E-state index in [1.165, 1.54) is 11.3 Å². The van der Waals surface area contributed by atoms with E-state index in [0.717, 1.165) is 4.88 Å². The zero-order chi connectivity index (χ0) is 21.1. The van der Waals surface area contributed by atoms with Crippen molar-refractivity contribution in [3.05, 3.63) is 94.2 Å². The third-order valence-corrected chi connectivity index (χ3v) is 6.56. The molecular weight excluding hydrogens is 396 g/mol. The van der Waals surface area contributed by atoms with Crippen LogP contribution in [0.4, 0.5) is 0 Å². The molecule has 0 radical (unpaired) electrons. The molecule has 2 amide bonds. The lowest BCUT2D eigenvalue weighted by atomic mass is 9.81. The van der Waals surface area contributed by atoms with Gasteiger partial charge in [0.25, 0.3) is 11.8 Å². The SMILES string of the molecule is C[C@@]1(O)CCN(C(=O)c2ccccc2)[C@@H](c2cccs2)[C@@H]1NC(=O)c1ccccc1. The number of hydrogen-bond donors (Lipinski definition) is 2. The second-order valence-electron chi connectivity index (χ2n) is 7.75. The largest absolute Gasteiger partial charge is 0.388 e. The van der Waals surface area contributed by atoms with Crippen molar-refractivity contribution in [1.29, 1.82) is 0 Å². The van der Waals surface area contributed by atoms with Crippen LogP contribution in [0.25, 0.3) is 0 Å². The number of piperidine rings is 1. The van der Waals surface area contributed by atoms with Gasteiger partial charge in [0.15, 0.2) is 0 Å². The van der Waals surface area contributed by atoms with Crippen molar-refractivity contribution in [2.75, 3.05) is 6.54 Å². The number of aliphatic hydroxyl groups is 1. The minimum Gasteiger partial charge on any atom is -0.388 e. The second-order valence-corrected chi connectivity index (χ2v) is 8.73. The van der Waals surface area contributed by atoms with Crippen LogP contribution in [0.15, 0.2) is 78.2 Å². The number of nitrogens with one attached hydrogen (secondary N) is 1. The summed E-state index contributed by atoms with van der Waals surface area (Å²) in [4.78, 5) is 29.0. The second kappa shape index (κ2) is 8.42. The maximum absolute atomic E-state index is 13.4. The number of amides is 2. The summed E-state index contributed by atoms with van der Waals surface area (Å²) < 4.78 is 0. The minimum atomic E-state index is -1.16. The third-order valence-electron chi connectivity index (χ3n) is 5.62. The van der Waals surface area contributed by atoms with E-state index in [-0.39, 0.29) is 11.8 Å². The Morgan fingerprint density at radius 1 is 1.00 bits per heavy atom. The smallest absolute Gasteiger partial charge is 0.254 e. The summed E-state index contributed by atoms with van der Waals surface area (Å²) in [6, 6.07) is 20.8. The fourth-order valence-corrected chi connectivity index (χ4v) is 4.84. The molecule has 0 unspecified atom stereocenters. The highest BCUT2D eigenvalue weighted by molar-refractivity contribution is 7.10. The predicted molar refractivity (Wildman–Crippen MR) is 117 cm³/mol. The molecule has 6 heteroatoms. The normalized spacial score (nSPS) is 23.7. The van der Waals surface area contributed by atoms with Gasteiger partial charge in [-0.3, -0.25) is 9.59 Å². The van der Waals surface area contributed by atoms with Crippen LogP contribution in [0, 0.1) is 0 Å². The van der Waals surface area contributed by atoms with Gasteiger partial charge < -0.3 is 15.3 Å². The molecule has 1 aliphatic heterocycles. The van der Waals surface area contributed by atoms with Crippen molar-refractivity contribution < 1.29 is 14.7 Å². The van der Waals surface area contributed by atoms with Crippen molar-refractivity contribution in [2.24, 2.45) is 0 Å². The quantitative estimate of drug-likeness (QED) is 0.673. The molecule has 0 spiro atoms. The molecule has 2 aromatic carbocycles. The molecule has 1 saturated heterocycles. The number of carbonyl (C=O) groups excluding carboxylic acids is 2. The zero-order valence-electron chi connectivity index (χ0n) is 16.7. The summed E-state index contributed by atoms with van der Waals surface area (Å²) in [5.41, 5.74) is -0.0505. The van der Waals surface area contributed by atoms with Gasteiger partial charge in [-0.2, -0.15) is 0 Å². The zero-order valence-corrected chi connectivity index (χ0v) is 17.5. The first-order chi connectivity index (χ1) is 14.5. The molecule has 1 aliphatic rings. The fraction of sp³-hybridized carbons (Fsp3) is 0.250. The molecule has 0 bridgehead atoms. The third kappa shape index (κ3) is 4.01. The van der Waals surface area contributed by atoms with Gasteiger partial charge in [-0.05, 0) is 49.1 Å². The number of hydrogen-bond acceptors (Lipinski definition) is 4. The van der Waals surface area contributed by atoms with Gasteiger partial charge in [0.05, 0.1) is 17.7 Å². The van der Waals surface area contributed by atoms with E-state index in [2.05, 4.69) is 5.32 Å². The molecule has 4 rings (SSSR count). The van der Waals surface area contributed by atoms with Crippen LogP contribution in [0.2, 0.25) is 0 Å². The monoisotopic (exact) mass is 420 g/mol. The van der Waals surface area contributed by atoms with Crippen LogP contribution < -0.4 is 5.32 Å². The average molecular weight is 421 g/mol. The van der Waals surface area contributed by atoms with Crippen LogP contribution >= 0.6 is 11.3 Å². The molecule has 3 aromatic rings. The van der Waals surface area contributed by atoms with E-state index < -0.39 is 17.7 Å². The molecule has 2 N–H and O–H groups in total. The predicted octanol–water partition coefficient (Wildman–Crippen LogP) is 3.88. The summed E-state index contributed by atoms with van der Waals surface area (Å²) >= 11 is 1.52. The number of nitrogens with zero attached hydrogens (tertiary/aromatic N) is 1. The van der Waals surface area contributed by atoms with Crippen molar-refractivity contribution in [2.45, 2.75) is 31.0 Å². The highest BCUT2D eigenvalue weighted by Gasteiger charge is 2.48. The summed E-state index contributed by atoms with van der Waals surface area (Å²) in [6.45, 7) is 2.13. The Morgan fingerprint density at radius 2 is 1.63 bits per heavy atom. The Hall–Kier alpha value is -2.96. The fourth-order valence-electron chi connectivity index (χ4n) is 3.96. The minimum absolute atomic E-state index is 0.108. The van der Waals surface area contributed by atoms with E-state index in [1.54, 1.807) is 48.2 Å². The Morgan fingerprint density at radius 3 is 2.23 bits per heavy atom. The number of thiophene rings is 1. The number of benzene rings is 2. The Balaban J connectivity index is 1.71. The molecule has 30 heavy (non-hydrogen) atoms. The number of rotatable bonds is 4. The van der Waals surface area contributed by atoms with Crippen molar-refractivity contribution in [1.82, 2.24) is 10.2 Å². The van der Waals surface area contributed by atoms with E-state index in [1.807, 2.05) is 41.8 Å². The van der Waals surface area contributed by atoms with Gasteiger partial charge >= 0.3 is 0 Å². The summed E-state index contributed by atoms with van der Waals surface area (Å²) in [7, 11) is 0. The Kier molecular flexibility index (Phi) is 5.70. The first-order valence-electron chi connectivity index (χ1n) is 9.95. The van der Waals surface area contributed by atoms with Gasteiger partial charge in [-0.15, -0.1) is 11.3 Å². The Bertz CT molecular complexity index is 1000. The highest BCUT2D eigenvalue weighted by atomic mass is 32.1. The lowest BCUT2D eigenvalue weighted by molar-refractivity contribution is -0.0541. The molecule has 1 fully saturated rings. The van der Waals surface area contributed by atoms with Gasteiger partial charge in [-0.1, -0.05) is 42.5 Å². The van der Waals surface area contributed by atoms with Crippen LogP contribution in [0.3, 0.4) is 0 Å². The molecule has 0 aliphatic carbocycles. The number of likely N-dealkylation sites (tertiary alicyclic amines) is 1. The summed E-state index contributed by atoms with van der Waals surface area (Å²) in [5, 5.41) is 16.2. The standard InChI is InChI=1S/C24H24N2O3S/c1-24(29)14-15-26(23(28)18-11-6-3-7-12-18)20(19-13-8-16-30-19)21(24)25-22(27)17-9-4-2-5-10-17/h2-13,16,20-21,29H,14-15H2,1H3,(H,25,27)/t20-,21-,24+/m0/s1. The van der Waals surface area contributed by atoms with E-state index in [4.69, 9.17) is 0 Å². The van der Waals surface area contributed by atoms with E-state index >= 15 is 0 Å². The van der Waals surface area contributed by atoms with Crippen molar-refractivity contribution in [3.8, 4) is 0 Å². The van der Waals surface area contributed by atoms with Crippen molar-refractivity contribution in [3.63, 3.8) is 0 Å². The molecule has 0 saturated carbocycles. The molecular formula is C24H24N2O3S. The van der Waals surface area contributed by atoms with Crippen molar-refractivity contribution >= 4 is 23.2 Å². The number of carbonyl (C=O) groups is 2. The first kappa shape index (κ1) is 20.3. The van der Waals surface area contributed by atoms with Gasteiger partial charge in [0, 0.05) is 22.5 Å². The molecule has 3 atom stereocenters. The molecule has 154 valence electrons. The van der Waals surface area contributed by atoms with Crippen LogP contribution in [-0.2, 0) is 0 Å². The maximum Gasteiger partial charge on any atom is 0.254 e. The first-order valence-corrected chi connectivity index (χ1v) is 10.8. The molecule has 1 aromatic heterocycles. The van der Waals surface area contributed by atoms with Gasteiger partial charge in [0.2, 0.25) is 0 Å². The topological polar surface area (TPSA) is 69.6 Å². The maximum atomic E-state index is 13.4. The van der Waals surface area contributed by atoms with Gasteiger partial charge in [-0.25, -0.2) is 0 Å². The summed E-state index contributed by atoms with van der Waals surface area (Å²) in [5.74, 6) is -0.375. The highest BCUT2D eigenvalue weighted by Crippen LogP contribution is 2.39. The van der Waals surface area contributed by atoms with E-state index in [0.29, 0.717) is 24.1 Å². The van der Waals surface area contributed by atoms with Crippen LogP contribution in [-0.4, -0.2) is 40.0 Å².